The number of likely N-dealkylation sites (tertiary alicyclic amines) is 1. The van der Waals surface area contributed by atoms with Gasteiger partial charge in [0, 0.05) is 18.5 Å². The summed E-state index contributed by atoms with van der Waals surface area (Å²) < 4.78 is 32.1. The third-order valence-corrected chi connectivity index (χ3v) is 4.27. The van der Waals surface area contributed by atoms with Gasteiger partial charge in [-0.05, 0) is 36.8 Å². The number of para-hydroxylation sites is 2. The van der Waals surface area contributed by atoms with Gasteiger partial charge in [-0.3, -0.25) is 14.5 Å². The maximum Gasteiger partial charge on any atom is 0.259 e. The average Bonchev–Trinajstić information content (AvgIpc) is 3.06. The van der Waals surface area contributed by atoms with Crippen molar-refractivity contribution in [3.63, 3.8) is 0 Å². The Labute approximate surface area is 149 Å². The topological polar surface area (TPSA) is 49.9 Å². The van der Waals surface area contributed by atoms with Crippen molar-refractivity contribution in [3.05, 3.63) is 59.7 Å². The number of amides is 2. The predicted molar refractivity (Wildman–Crippen MR) is 92.0 cm³/mol. The summed E-state index contributed by atoms with van der Waals surface area (Å²) >= 11 is 0. The van der Waals surface area contributed by atoms with Gasteiger partial charge in [-0.1, -0.05) is 12.1 Å². The molecule has 0 atom stereocenters. The quantitative estimate of drug-likeness (QED) is 0.823. The number of carbonyl (C=O) groups excluding carboxylic acids is 2. The second-order valence-electron chi connectivity index (χ2n) is 5.94. The summed E-state index contributed by atoms with van der Waals surface area (Å²) in [5.74, 6) is -2.29. The summed E-state index contributed by atoms with van der Waals surface area (Å²) in [6, 6.07) is 9.83. The van der Waals surface area contributed by atoms with Gasteiger partial charge in [0.05, 0.1) is 12.8 Å². The molecule has 0 spiro atoms. The number of ether oxygens (including phenoxy) is 1. The first-order valence-corrected chi connectivity index (χ1v) is 8.19. The highest BCUT2D eigenvalue weighted by Crippen LogP contribution is 2.30. The minimum atomic E-state index is -1.10. The van der Waals surface area contributed by atoms with E-state index < -0.39 is 17.5 Å². The Bertz CT molecular complexity index is 841. The van der Waals surface area contributed by atoms with Gasteiger partial charge in [0.15, 0.2) is 11.6 Å². The summed E-state index contributed by atoms with van der Waals surface area (Å²) in [6.45, 7) is 0.548. The van der Waals surface area contributed by atoms with E-state index in [1.54, 1.807) is 29.2 Å². The lowest BCUT2D eigenvalue weighted by Crippen LogP contribution is -2.42. The Balaban J connectivity index is 2.00. The lowest BCUT2D eigenvalue weighted by molar-refractivity contribution is -0.127. The average molecular weight is 360 g/mol. The maximum absolute atomic E-state index is 13.6. The second-order valence-corrected chi connectivity index (χ2v) is 5.94. The van der Waals surface area contributed by atoms with Gasteiger partial charge in [0.25, 0.3) is 5.91 Å². The summed E-state index contributed by atoms with van der Waals surface area (Å²) in [5.41, 5.74) is 0.436. The van der Waals surface area contributed by atoms with Crippen molar-refractivity contribution in [2.75, 3.05) is 25.2 Å². The number of hydrogen-bond acceptors (Lipinski definition) is 3. The molecule has 3 rings (SSSR count). The van der Waals surface area contributed by atoms with Crippen LogP contribution in [0, 0.1) is 11.6 Å². The number of rotatable bonds is 5. The van der Waals surface area contributed by atoms with Crippen molar-refractivity contribution in [2.45, 2.75) is 12.8 Å². The highest BCUT2D eigenvalue weighted by Gasteiger charge is 2.28. The van der Waals surface area contributed by atoms with Crippen molar-refractivity contribution in [1.29, 1.82) is 0 Å². The molecule has 136 valence electrons. The van der Waals surface area contributed by atoms with E-state index in [-0.39, 0.29) is 18.1 Å². The van der Waals surface area contributed by atoms with E-state index in [2.05, 4.69) is 0 Å². The summed E-state index contributed by atoms with van der Waals surface area (Å²) in [5, 5.41) is 0. The van der Waals surface area contributed by atoms with Crippen LogP contribution in [0.15, 0.2) is 42.5 Å². The minimum Gasteiger partial charge on any atom is -0.495 e. The van der Waals surface area contributed by atoms with E-state index in [4.69, 9.17) is 4.74 Å². The number of carbonyl (C=O) groups is 2. The summed E-state index contributed by atoms with van der Waals surface area (Å²) in [7, 11) is 1.47. The van der Waals surface area contributed by atoms with Crippen molar-refractivity contribution in [3.8, 4) is 5.75 Å². The Kier molecular flexibility index (Phi) is 5.16. The van der Waals surface area contributed by atoms with Crippen LogP contribution >= 0.6 is 0 Å². The molecular weight excluding hydrogens is 342 g/mol. The van der Waals surface area contributed by atoms with Crippen LogP contribution in [0.5, 0.6) is 5.75 Å². The van der Waals surface area contributed by atoms with Gasteiger partial charge in [0.1, 0.15) is 12.4 Å². The second kappa shape index (κ2) is 7.51. The Morgan fingerprint density at radius 3 is 2.62 bits per heavy atom. The van der Waals surface area contributed by atoms with Crippen LogP contribution in [0.25, 0.3) is 0 Å². The number of hydrogen-bond donors (Lipinski definition) is 0. The van der Waals surface area contributed by atoms with Gasteiger partial charge in [0.2, 0.25) is 5.91 Å². The van der Waals surface area contributed by atoms with E-state index >= 15 is 0 Å². The van der Waals surface area contributed by atoms with Crippen molar-refractivity contribution < 1.29 is 23.1 Å². The maximum atomic E-state index is 13.6. The number of halogens is 2. The van der Waals surface area contributed by atoms with Crippen LogP contribution < -0.4 is 9.64 Å². The van der Waals surface area contributed by atoms with E-state index in [0.717, 1.165) is 18.6 Å². The molecule has 5 nitrogen and oxygen atoms in total. The molecule has 0 aromatic heterocycles. The van der Waals surface area contributed by atoms with Crippen LogP contribution in [-0.2, 0) is 4.79 Å². The molecule has 7 heteroatoms. The van der Waals surface area contributed by atoms with E-state index in [9.17, 15) is 18.4 Å². The molecule has 1 aliphatic heterocycles. The van der Waals surface area contributed by atoms with Gasteiger partial charge in [-0.15, -0.1) is 0 Å². The van der Waals surface area contributed by atoms with Gasteiger partial charge in [-0.25, -0.2) is 8.78 Å². The highest BCUT2D eigenvalue weighted by atomic mass is 19.2. The van der Waals surface area contributed by atoms with Gasteiger partial charge in [-0.2, -0.15) is 0 Å². The molecule has 0 bridgehead atoms. The zero-order valence-electron chi connectivity index (χ0n) is 14.2. The van der Waals surface area contributed by atoms with Crippen molar-refractivity contribution >= 4 is 17.5 Å². The van der Waals surface area contributed by atoms with E-state index in [0.29, 0.717) is 24.4 Å². The standard InChI is InChI=1S/C19H18F2N2O3/c1-26-17-6-3-2-5-16(17)23(12-22-10-4-7-18(22)24)19(25)13-8-9-14(20)15(21)11-13/h2-3,5-6,8-9,11H,4,7,10,12H2,1H3. The Morgan fingerprint density at radius 1 is 1.19 bits per heavy atom. The molecule has 1 heterocycles. The van der Waals surface area contributed by atoms with E-state index in [1.165, 1.54) is 18.1 Å². The molecular formula is C19H18F2N2O3. The van der Waals surface area contributed by atoms with E-state index in [1.807, 2.05) is 0 Å². The molecule has 0 radical (unpaired) electrons. The molecule has 0 saturated carbocycles. The van der Waals surface area contributed by atoms with Crippen LogP contribution in [-0.4, -0.2) is 37.0 Å². The molecule has 1 saturated heterocycles. The fourth-order valence-electron chi connectivity index (χ4n) is 2.91. The van der Waals surface area contributed by atoms with Gasteiger partial charge < -0.3 is 9.64 Å². The molecule has 0 aliphatic carbocycles. The zero-order valence-corrected chi connectivity index (χ0v) is 14.2. The Hall–Kier alpha value is -2.96. The largest absolute Gasteiger partial charge is 0.495 e. The number of anilines is 1. The monoisotopic (exact) mass is 360 g/mol. The fraction of sp³-hybridized carbons (Fsp3) is 0.263. The van der Waals surface area contributed by atoms with Crippen molar-refractivity contribution in [1.82, 2.24) is 4.90 Å². The molecule has 0 N–H and O–H groups in total. The fourth-order valence-corrected chi connectivity index (χ4v) is 2.91. The number of methoxy groups -OCH3 is 1. The first kappa shape index (κ1) is 17.8. The number of benzene rings is 2. The first-order chi connectivity index (χ1) is 12.5. The minimum absolute atomic E-state index is 0.0109. The lowest BCUT2D eigenvalue weighted by Gasteiger charge is -2.29. The predicted octanol–water partition coefficient (Wildman–Crippen LogP) is 3.20. The molecule has 26 heavy (non-hydrogen) atoms. The van der Waals surface area contributed by atoms with Crippen LogP contribution in [0.2, 0.25) is 0 Å². The molecule has 2 aromatic carbocycles. The van der Waals surface area contributed by atoms with Crippen LogP contribution in [0.3, 0.4) is 0 Å². The molecule has 1 aliphatic rings. The summed E-state index contributed by atoms with van der Waals surface area (Å²) in [6.07, 6.45) is 1.15. The van der Waals surface area contributed by atoms with Gasteiger partial charge >= 0.3 is 0 Å². The third-order valence-electron chi connectivity index (χ3n) is 4.27. The normalized spacial score (nSPS) is 13.8. The zero-order chi connectivity index (χ0) is 18.7. The molecule has 0 unspecified atom stereocenters. The Morgan fingerprint density at radius 2 is 1.96 bits per heavy atom. The first-order valence-electron chi connectivity index (χ1n) is 8.19. The SMILES string of the molecule is COc1ccccc1N(CN1CCCC1=O)C(=O)c1ccc(F)c(F)c1. The molecule has 2 amide bonds. The van der Waals surface area contributed by atoms with Crippen molar-refractivity contribution in [2.24, 2.45) is 0 Å². The lowest BCUT2D eigenvalue weighted by atomic mass is 10.1. The molecule has 2 aromatic rings. The number of nitrogens with zero attached hydrogens (tertiary/aromatic N) is 2. The smallest absolute Gasteiger partial charge is 0.259 e. The van der Waals surface area contributed by atoms with Crippen LogP contribution in [0.4, 0.5) is 14.5 Å². The highest BCUT2D eigenvalue weighted by molar-refractivity contribution is 6.07. The summed E-state index contributed by atoms with van der Waals surface area (Å²) in [4.78, 5) is 27.9. The molecule has 1 fully saturated rings. The third kappa shape index (κ3) is 3.51. The van der Waals surface area contributed by atoms with Crippen LogP contribution in [0.1, 0.15) is 23.2 Å².